The molecule has 7 nitrogen and oxygen atoms in total. The number of aromatic amines is 1. The minimum atomic E-state index is -0.608. The van der Waals surface area contributed by atoms with Crippen molar-refractivity contribution in [1.82, 2.24) is 9.55 Å². The molecule has 0 amide bonds. The summed E-state index contributed by atoms with van der Waals surface area (Å²) in [5.74, 6) is 0. The monoisotopic (exact) mass is 270 g/mol. The normalized spacial score (nSPS) is 30.7. The number of H-pyrrole nitrogens is 1. The Balaban J connectivity index is 2.38. The van der Waals surface area contributed by atoms with Crippen molar-refractivity contribution in [1.29, 1.82) is 0 Å². The maximum atomic E-state index is 11.8. The van der Waals surface area contributed by atoms with Crippen LogP contribution in [-0.2, 0) is 4.74 Å². The number of aromatic nitrogens is 2. The zero-order valence-corrected chi connectivity index (χ0v) is 10.9. The fourth-order valence-electron chi connectivity index (χ4n) is 2.33. The summed E-state index contributed by atoms with van der Waals surface area (Å²) in [5, 5.41) is 18.7. The molecule has 1 saturated heterocycles. The van der Waals surface area contributed by atoms with Crippen molar-refractivity contribution in [3.8, 4) is 0 Å². The highest BCUT2D eigenvalue weighted by molar-refractivity contribution is 5.02. The molecule has 3 N–H and O–H groups in total. The predicted octanol–water partition coefficient (Wildman–Crippen LogP) is -0.877. The number of hydrogen-bond donors (Lipinski definition) is 3. The lowest BCUT2D eigenvalue weighted by atomic mass is 9.84. The number of aryl methyl sites for hydroxylation is 1. The van der Waals surface area contributed by atoms with Gasteiger partial charge in [0.25, 0.3) is 5.56 Å². The maximum Gasteiger partial charge on any atom is 0.330 e. The number of ether oxygens (including phenoxy) is 1. The van der Waals surface area contributed by atoms with Gasteiger partial charge in [-0.3, -0.25) is 14.3 Å². The summed E-state index contributed by atoms with van der Waals surface area (Å²) in [6.07, 6.45) is 0.683. The minimum absolute atomic E-state index is 0.147. The highest BCUT2D eigenvalue weighted by atomic mass is 16.5. The molecule has 1 aliphatic rings. The molecule has 2 rings (SSSR count). The quantitative estimate of drug-likeness (QED) is 0.662. The van der Waals surface area contributed by atoms with Gasteiger partial charge in [0, 0.05) is 23.6 Å². The van der Waals surface area contributed by atoms with E-state index < -0.39 is 29.0 Å². The molecule has 3 atom stereocenters. The van der Waals surface area contributed by atoms with E-state index in [1.54, 1.807) is 13.8 Å². The molecule has 1 aromatic heterocycles. The maximum absolute atomic E-state index is 11.8. The molecule has 1 fully saturated rings. The van der Waals surface area contributed by atoms with Crippen LogP contribution in [0, 0.1) is 12.3 Å². The van der Waals surface area contributed by atoms with Gasteiger partial charge in [0.15, 0.2) is 0 Å². The largest absolute Gasteiger partial charge is 0.396 e. The lowest BCUT2D eigenvalue weighted by Crippen LogP contribution is -2.34. The summed E-state index contributed by atoms with van der Waals surface area (Å²) < 4.78 is 6.90. The van der Waals surface area contributed by atoms with E-state index in [0.29, 0.717) is 12.0 Å². The molecular weight excluding hydrogens is 252 g/mol. The van der Waals surface area contributed by atoms with E-state index in [0.717, 1.165) is 0 Å². The van der Waals surface area contributed by atoms with Gasteiger partial charge in [0.2, 0.25) is 0 Å². The first-order valence-corrected chi connectivity index (χ1v) is 6.10. The Bertz CT molecular complexity index is 578. The summed E-state index contributed by atoms with van der Waals surface area (Å²) in [5.41, 5.74) is -1.19. The Labute approximate surface area is 109 Å². The second kappa shape index (κ2) is 4.92. The van der Waals surface area contributed by atoms with Crippen LogP contribution in [0.3, 0.4) is 0 Å². The lowest BCUT2D eigenvalue weighted by Gasteiger charge is -2.25. The van der Waals surface area contributed by atoms with E-state index in [1.807, 2.05) is 0 Å². The van der Waals surface area contributed by atoms with Crippen molar-refractivity contribution >= 4 is 0 Å². The first-order chi connectivity index (χ1) is 8.91. The first kappa shape index (κ1) is 14.0. The van der Waals surface area contributed by atoms with Crippen LogP contribution >= 0.6 is 0 Å². The van der Waals surface area contributed by atoms with Gasteiger partial charge in [-0.1, -0.05) is 6.92 Å². The number of hydrogen-bond acceptors (Lipinski definition) is 5. The van der Waals surface area contributed by atoms with Crippen LogP contribution in [0.5, 0.6) is 0 Å². The molecule has 106 valence electrons. The van der Waals surface area contributed by atoms with Gasteiger partial charge in [-0.05, 0) is 6.92 Å². The van der Waals surface area contributed by atoms with Crippen LogP contribution in [0.25, 0.3) is 0 Å². The van der Waals surface area contributed by atoms with Gasteiger partial charge >= 0.3 is 5.69 Å². The molecular formula is C12H18N2O5. The SMILES string of the molecule is Cc1cn([C@@H]2CC(C)(CO)C(CO)O2)c(=O)[nH]c1=O. The lowest BCUT2D eigenvalue weighted by molar-refractivity contribution is -0.0542. The van der Waals surface area contributed by atoms with Gasteiger partial charge in [0.1, 0.15) is 6.23 Å². The third kappa shape index (κ3) is 2.36. The molecule has 19 heavy (non-hydrogen) atoms. The summed E-state index contributed by atoms with van der Waals surface area (Å²) in [6.45, 7) is 3.01. The standard InChI is InChI=1S/C12H18N2O5/c1-7-4-14(11(18)13-10(7)17)9-3-12(2,6-16)8(5-15)19-9/h4,8-9,15-16H,3,5-6H2,1-2H3,(H,13,17,18)/t8?,9-,12?/m0/s1. The van der Waals surface area contributed by atoms with Crippen LogP contribution in [0.2, 0.25) is 0 Å². The smallest absolute Gasteiger partial charge is 0.330 e. The van der Waals surface area contributed by atoms with Crippen molar-refractivity contribution in [3.05, 3.63) is 32.6 Å². The molecule has 2 unspecified atom stereocenters. The van der Waals surface area contributed by atoms with Gasteiger partial charge in [-0.15, -0.1) is 0 Å². The van der Waals surface area contributed by atoms with E-state index in [9.17, 15) is 19.8 Å². The van der Waals surface area contributed by atoms with Crippen molar-refractivity contribution in [2.24, 2.45) is 5.41 Å². The Kier molecular flexibility index (Phi) is 3.62. The number of rotatable bonds is 3. The fraction of sp³-hybridized carbons (Fsp3) is 0.667. The number of nitrogens with zero attached hydrogens (tertiary/aromatic N) is 1. The van der Waals surface area contributed by atoms with Gasteiger partial charge < -0.3 is 14.9 Å². The van der Waals surface area contributed by atoms with Crippen molar-refractivity contribution in [3.63, 3.8) is 0 Å². The summed E-state index contributed by atoms with van der Waals surface area (Å²) >= 11 is 0. The number of nitrogens with one attached hydrogen (secondary N) is 1. The Morgan fingerprint density at radius 2 is 2.21 bits per heavy atom. The minimum Gasteiger partial charge on any atom is -0.396 e. The molecule has 0 aliphatic carbocycles. The first-order valence-electron chi connectivity index (χ1n) is 6.10. The summed E-state index contributed by atoms with van der Waals surface area (Å²) in [4.78, 5) is 25.3. The molecule has 2 heterocycles. The average molecular weight is 270 g/mol. The molecule has 7 heteroatoms. The van der Waals surface area contributed by atoms with Crippen LogP contribution in [-0.4, -0.2) is 39.1 Å². The third-order valence-corrected chi connectivity index (χ3v) is 3.72. The van der Waals surface area contributed by atoms with Gasteiger partial charge in [0.05, 0.1) is 19.3 Å². The Morgan fingerprint density at radius 3 is 2.74 bits per heavy atom. The average Bonchev–Trinajstić information content (AvgIpc) is 2.71. The summed E-state index contributed by atoms with van der Waals surface area (Å²) in [7, 11) is 0. The fourth-order valence-corrected chi connectivity index (χ4v) is 2.33. The van der Waals surface area contributed by atoms with Crippen molar-refractivity contribution in [2.75, 3.05) is 13.2 Å². The Hall–Kier alpha value is -1.44. The Morgan fingerprint density at radius 1 is 1.53 bits per heavy atom. The second-order valence-electron chi connectivity index (χ2n) is 5.26. The van der Waals surface area contributed by atoms with Crippen LogP contribution in [0.15, 0.2) is 15.8 Å². The van der Waals surface area contributed by atoms with E-state index in [4.69, 9.17) is 4.74 Å². The van der Waals surface area contributed by atoms with E-state index in [2.05, 4.69) is 4.98 Å². The van der Waals surface area contributed by atoms with Crippen molar-refractivity contribution in [2.45, 2.75) is 32.6 Å². The number of aliphatic hydroxyl groups excluding tert-OH is 2. The van der Waals surface area contributed by atoms with Gasteiger partial charge in [-0.2, -0.15) is 0 Å². The molecule has 0 bridgehead atoms. The second-order valence-corrected chi connectivity index (χ2v) is 5.26. The predicted molar refractivity (Wildman–Crippen MR) is 66.9 cm³/mol. The molecule has 1 aromatic rings. The summed E-state index contributed by atoms with van der Waals surface area (Å²) in [6, 6.07) is 0. The third-order valence-electron chi connectivity index (χ3n) is 3.72. The highest BCUT2D eigenvalue weighted by Crippen LogP contribution is 2.42. The van der Waals surface area contributed by atoms with E-state index in [1.165, 1.54) is 10.8 Å². The zero-order chi connectivity index (χ0) is 14.2. The molecule has 0 saturated carbocycles. The molecule has 0 spiro atoms. The molecule has 0 aromatic carbocycles. The van der Waals surface area contributed by atoms with E-state index in [-0.39, 0.29) is 13.2 Å². The van der Waals surface area contributed by atoms with Crippen LogP contribution in [0.1, 0.15) is 25.1 Å². The van der Waals surface area contributed by atoms with E-state index >= 15 is 0 Å². The van der Waals surface area contributed by atoms with Gasteiger partial charge in [-0.25, -0.2) is 4.79 Å². The topological polar surface area (TPSA) is 105 Å². The molecule has 1 aliphatic heterocycles. The van der Waals surface area contributed by atoms with Crippen molar-refractivity contribution < 1.29 is 14.9 Å². The zero-order valence-electron chi connectivity index (χ0n) is 10.9. The van der Waals surface area contributed by atoms with Crippen LogP contribution in [0.4, 0.5) is 0 Å². The molecule has 0 radical (unpaired) electrons. The highest BCUT2D eigenvalue weighted by Gasteiger charge is 2.45. The van der Waals surface area contributed by atoms with Crippen LogP contribution < -0.4 is 11.2 Å². The number of aliphatic hydroxyl groups is 2.